The van der Waals surface area contributed by atoms with Crippen LogP contribution in [0.25, 0.3) is 10.8 Å². The van der Waals surface area contributed by atoms with Gasteiger partial charge in [-0.1, -0.05) is 52.3 Å². The maximum absolute atomic E-state index is 14.2. The molecule has 0 aliphatic carbocycles. The lowest BCUT2D eigenvalue weighted by Crippen LogP contribution is -2.20. The van der Waals surface area contributed by atoms with Gasteiger partial charge in [-0.05, 0) is 36.6 Å². The number of hydrogen-bond donors (Lipinski definition) is 2. The Kier molecular flexibility index (Phi) is 5.31. The Bertz CT molecular complexity index is 1180. The Balaban J connectivity index is 1.77. The summed E-state index contributed by atoms with van der Waals surface area (Å²) in [6.45, 7) is 2.69. The molecule has 0 spiro atoms. The van der Waals surface area contributed by atoms with Crippen molar-refractivity contribution in [1.82, 2.24) is 9.97 Å². The maximum Gasteiger partial charge on any atom is 0.161 e. The Labute approximate surface area is 176 Å². The lowest BCUT2D eigenvalue weighted by atomic mass is 10.1. The second-order valence-corrected chi connectivity index (χ2v) is 7.37. The average Bonchev–Trinajstić information content (AvgIpc) is 2.73. The summed E-state index contributed by atoms with van der Waals surface area (Å²) in [6.07, 6.45) is 1.43. The molecule has 0 fully saturated rings. The largest absolute Gasteiger partial charge is 0.393 e. The first-order valence-electron chi connectivity index (χ1n) is 9.16. The van der Waals surface area contributed by atoms with Gasteiger partial charge in [0.1, 0.15) is 17.8 Å². The number of fused-ring (bicyclic) bond motifs is 1. The fourth-order valence-electron chi connectivity index (χ4n) is 3.30. The number of hydrogen-bond acceptors (Lipinski definition) is 5. The van der Waals surface area contributed by atoms with E-state index in [4.69, 9.17) is 5.73 Å². The molecule has 0 amide bonds. The van der Waals surface area contributed by atoms with Gasteiger partial charge in [0, 0.05) is 16.4 Å². The normalized spacial score (nSPS) is 10.9. The molecular formula is C22H19BrFN5. The highest BCUT2D eigenvalue weighted by atomic mass is 79.9. The SMILES string of the molecule is CCN(c1ncnc(Nc2ccc(Br)cc2F)c1N)c1cccc2ccccc12. The van der Waals surface area contributed by atoms with Gasteiger partial charge in [0.25, 0.3) is 0 Å². The molecule has 0 saturated heterocycles. The molecule has 7 heteroatoms. The molecule has 4 aromatic rings. The van der Waals surface area contributed by atoms with E-state index in [0.29, 0.717) is 28.3 Å². The second kappa shape index (κ2) is 8.05. The third-order valence-electron chi connectivity index (χ3n) is 4.68. The number of aromatic nitrogens is 2. The molecule has 0 aliphatic rings. The van der Waals surface area contributed by atoms with Gasteiger partial charge >= 0.3 is 0 Å². The number of anilines is 5. The molecule has 0 saturated carbocycles. The quantitative estimate of drug-likeness (QED) is 0.388. The Hall–Kier alpha value is -3.19. The van der Waals surface area contributed by atoms with Crippen LogP contribution in [0.5, 0.6) is 0 Å². The van der Waals surface area contributed by atoms with Crippen molar-refractivity contribution in [3.63, 3.8) is 0 Å². The van der Waals surface area contributed by atoms with E-state index in [2.05, 4.69) is 49.4 Å². The molecular weight excluding hydrogens is 433 g/mol. The van der Waals surface area contributed by atoms with Gasteiger partial charge in [0.15, 0.2) is 11.6 Å². The summed E-state index contributed by atoms with van der Waals surface area (Å²) < 4.78 is 14.9. The van der Waals surface area contributed by atoms with E-state index < -0.39 is 5.82 Å². The highest BCUT2D eigenvalue weighted by Gasteiger charge is 2.18. The zero-order chi connectivity index (χ0) is 20.4. The molecule has 0 radical (unpaired) electrons. The van der Waals surface area contributed by atoms with Crippen molar-refractivity contribution in [2.24, 2.45) is 0 Å². The molecule has 4 rings (SSSR count). The minimum atomic E-state index is -0.402. The van der Waals surface area contributed by atoms with Crippen LogP contribution in [0.1, 0.15) is 6.92 Å². The molecule has 5 nitrogen and oxygen atoms in total. The Morgan fingerprint density at radius 3 is 2.66 bits per heavy atom. The summed E-state index contributed by atoms with van der Waals surface area (Å²) >= 11 is 3.26. The standard InChI is InChI=1S/C22H19BrFN5/c1-2-29(19-9-5-7-14-6-3-4-8-16(14)19)22-20(25)21(26-13-27-22)28-18-11-10-15(23)12-17(18)24/h3-13H,2,25H2,1H3,(H,26,27,28). The van der Waals surface area contributed by atoms with E-state index in [9.17, 15) is 4.39 Å². The predicted molar refractivity (Wildman–Crippen MR) is 120 cm³/mol. The van der Waals surface area contributed by atoms with Crippen molar-refractivity contribution in [1.29, 1.82) is 0 Å². The van der Waals surface area contributed by atoms with E-state index in [0.717, 1.165) is 16.5 Å². The molecule has 29 heavy (non-hydrogen) atoms. The minimum Gasteiger partial charge on any atom is -0.393 e. The number of nitrogens with one attached hydrogen (secondary N) is 1. The number of halogens is 2. The lowest BCUT2D eigenvalue weighted by Gasteiger charge is -2.25. The lowest BCUT2D eigenvalue weighted by molar-refractivity contribution is 0.631. The Morgan fingerprint density at radius 1 is 1.07 bits per heavy atom. The van der Waals surface area contributed by atoms with Crippen molar-refractivity contribution in [3.8, 4) is 0 Å². The first kappa shape index (κ1) is 19.1. The van der Waals surface area contributed by atoms with Crippen LogP contribution in [-0.2, 0) is 0 Å². The van der Waals surface area contributed by atoms with Gasteiger partial charge in [-0.15, -0.1) is 0 Å². The van der Waals surface area contributed by atoms with Crippen LogP contribution in [0.15, 0.2) is 71.5 Å². The first-order chi connectivity index (χ1) is 14.1. The van der Waals surface area contributed by atoms with E-state index in [1.165, 1.54) is 12.4 Å². The van der Waals surface area contributed by atoms with E-state index >= 15 is 0 Å². The third-order valence-corrected chi connectivity index (χ3v) is 5.17. The van der Waals surface area contributed by atoms with Crippen molar-refractivity contribution >= 4 is 55.4 Å². The van der Waals surface area contributed by atoms with Crippen molar-refractivity contribution in [2.45, 2.75) is 6.92 Å². The van der Waals surface area contributed by atoms with Gasteiger partial charge < -0.3 is 16.0 Å². The second-order valence-electron chi connectivity index (χ2n) is 6.45. The zero-order valence-corrected chi connectivity index (χ0v) is 17.3. The van der Waals surface area contributed by atoms with Gasteiger partial charge in [-0.3, -0.25) is 0 Å². The Morgan fingerprint density at radius 2 is 1.86 bits per heavy atom. The summed E-state index contributed by atoms with van der Waals surface area (Å²) in [5.74, 6) is 0.522. The van der Waals surface area contributed by atoms with Crippen molar-refractivity contribution in [3.05, 3.63) is 77.3 Å². The van der Waals surface area contributed by atoms with Gasteiger partial charge in [-0.25, -0.2) is 14.4 Å². The van der Waals surface area contributed by atoms with Crippen LogP contribution in [0.3, 0.4) is 0 Å². The van der Waals surface area contributed by atoms with Crippen LogP contribution in [0, 0.1) is 5.82 Å². The molecule has 0 aliphatic heterocycles. The molecule has 3 N–H and O–H groups in total. The van der Waals surface area contributed by atoms with Crippen LogP contribution in [-0.4, -0.2) is 16.5 Å². The topological polar surface area (TPSA) is 67.1 Å². The van der Waals surface area contributed by atoms with Crippen LogP contribution in [0.4, 0.5) is 33.1 Å². The molecule has 0 bridgehead atoms. The number of rotatable bonds is 5. The van der Waals surface area contributed by atoms with E-state index in [1.54, 1.807) is 12.1 Å². The van der Waals surface area contributed by atoms with Crippen molar-refractivity contribution in [2.75, 3.05) is 22.5 Å². The number of nitrogens with two attached hydrogens (primary N) is 1. The minimum absolute atomic E-state index is 0.290. The molecule has 0 unspecified atom stereocenters. The summed E-state index contributed by atoms with van der Waals surface area (Å²) in [5, 5.41) is 5.21. The fraction of sp³-hybridized carbons (Fsp3) is 0.0909. The number of nitrogens with zero attached hydrogens (tertiary/aromatic N) is 3. The molecule has 3 aromatic carbocycles. The highest BCUT2D eigenvalue weighted by Crippen LogP contribution is 2.36. The van der Waals surface area contributed by atoms with Gasteiger partial charge in [-0.2, -0.15) is 0 Å². The molecule has 146 valence electrons. The molecule has 0 atom stereocenters. The van der Waals surface area contributed by atoms with Gasteiger partial charge in [0.05, 0.1) is 11.4 Å². The van der Waals surface area contributed by atoms with Crippen LogP contribution < -0.4 is 16.0 Å². The van der Waals surface area contributed by atoms with Crippen LogP contribution in [0.2, 0.25) is 0 Å². The smallest absolute Gasteiger partial charge is 0.161 e. The average molecular weight is 452 g/mol. The van der Waals surface area contributed by atoms with Gasteiger partial charge in [0.2, 0.25) is 0 Å². The highest BCUT2D eigenvalue weighted by molar-refractivity contribution is 9.10. The summed E-state index contributed by atoms with van der Waals surface area (Å²) in [7, 11) is 0. The zero-order valence-electron chi connectivity index (χ0n) is 15.7. The van der Waals surface area contributed by atoms with E-state index in [-0.39, 0.29) is 5.69 Å². The maximum atomic E-state index is 14.2. The summed E-state index contributed by atoms with van der Waals surface area (Å²) in [6, 6.07) is 19.0. The summed E-state index contributed by atoms with van der Waals surface area (Å²) in [4.78, 5) is 10.7. The molecule has 1 aromatic heterocycles. The van der Waals surface area contributed by atoms with Crippen molar-refractivity contribution < 1.29 is 4.39 Å². The van der Waals surface area contributed by atoms with E-state index in [1.807, 2.05) is 36.1 Å². The van der Waals surface area contributed by atoms with Crippen LogP contribution >= 0.6 is 15.9 Å². The summed E-state index contributed by atoms with van der Waals surface area (Å²) in [5.41, 5.74) is 8.05. The number of benzene rings is 3. The third kappa shape index (κ3) is 3.73. The first-order valence-corrected chi connectivity index (χ1v) is 9.95. The predicted octanol–water partition coefficient (Wildman–Crippen LogP) is 6.02. The monoisotopic (exact) mass is 451 g/mol. The number of nitrogen functional groups attached to an aromatic ring is 1. The fourth-order valence-corrected chi connectivity index (χ4v) is 3.63. The molecule has 1 heterocycles.